The molecule has 0 spiro atoms. The number of likely N-dealkylation sites (tertiary alicyclic amines) is 1. The van der Waals surface area contributed by atoms with Crippen LogP contribution in [0.1, 0.15) is 36.0 Å². The highest BCUT2D eigenvalue weighted by atomic mass is 35.5. The molecule has 2 fully saturated rings. The molecule has 5 heteroatoms. The summed E-state index contributed by atoms with van der Waals surface area (Å²) in [5, 5.41) is 0. The van der Waals surface area contributed by atoms with Crippen LogP contribution in [0.2, 0.25) is 0 Å². The molecule has 0 radical (unpaired) electrons. The number of carbonyl (C=O) groups is 1. The third kappa shape index (κ3) is 4.35. The van der Waals surface area contributed by atoms with Crippen molar-refractivity contribution >= 4 is 18.3 Å². The first-order chi connectivity index (χ1) is 9.72. The van der Waals surface area contributed by atoms with Gasteiger partial charge < -0.3 is 15.4 Å². The van der Waals surface area contributed by atoms with E-state index < -0.39 is 0 Å². The van der Waals surface area contributed by atoms with Crippen molar-refractivity contribution in [2.75, 3.05) is 19.7 Å². The van der Waals surface area contributed by atoms with Crippen LogP contribution in [0.15, 0.2) is 24.3 Å². The van der Waals surface area contributed by atoms with Gasteiger partial charge in [0.1, 0.15) is 5.75 Å². The zero-order valence-electron chi connectivity index (χ0n) is 12.2. The van der Waals surface area contributed by atoms with Crippen LogP contribution in [0.5, 0.6) is 5.75 Å². The van der Waals surface area contributed by atoms with Gasteiger partial charge in [0, 0.05) is 24.7 Å². The van der Waals surface area contributed by atoms with Crippen LogP contribution in [0.25, 0.3) is 0 Å². The average Bonchev–Trinajstić information content (AvgIpc) is 3.29. The molecule has 1 aliphatic carbocycles. The molecule has 1 amide bonds. The number of hydrogen-bond acceptors (Lipinski definition) is 3. The number of nitrogens with two attached hydrogens (primary N) is 1. The lowest BCUT2D eigenvalue weighted by atomic mass is 10.1. The van der Waals surface area contributed by atoms with E-state index in [1.54, 1.807) is 0 Å². The largest absolute Gasteiger partial charge is 0.493 e. The Kier molecular flexibility index (Phi) is 5.48. The molecule has 0 bridgehead atoms. The van der Waals surface area contributed by atoms with Crippen LogP contribution in [0.4, 0.5) is 0 Å². The minimum atomic E-state index is 0. The van der Waals surface area contributed by atoms with E-state index in [2.05, 4.69) is 0 Å². The topological polar surface area (TPSA) is 55.6 Å². The molecule has 1 saturated carbocycles. The molecule has 2 N–H and O–H groups in total. The quantitative estimate of drug-likeness (QED) is 0.929. The fourth-order valence-electron chi connectivity index (χ4n) is 2.57. The van der Waals surface area contributed by atoms with E-state index in [0.29, 0.717) is 6.54 Å². The average molecular weight is 311 g/mol. The van der Waals surface area contributed by atoms with Crippen LogP contribution >= 0.6 is 12.4 Å². The molecule has 3 rings (SSSR count). The summed E-state index contributed by atoms with van der Waals surface area (Å²) in [6.07, 6.45) is 4.57. The van der Waals surface area contributed by atoms with E-state index in [0.717, 1.165) is 43.2 Å². The molecule has 21 heavy (non-hydrogen) atoms. The summed E-state index contributed by atoms with van der Waals surface area (Å²) >= 11 is 0. The van der Waals surface area contributed by atoms with E-state index in [-0.39, 0.29) is 24.4 Å². The van der Waals surface area contributed by atoms with Gasteiger partial charge in [-0.2, -0.15) is 0 Å². The van der Waals surface area contributed by atoms with Crippen molar-refractivity contribution in [2.24, 2.45) is 11.7 Å². The predicted molar refractivity (Wildman–Crippen MR) is 85.0 cm³/mol. The molecule has 1 unspecified atom stereocenters. The van der Waals surface area contributed by atoms with Crippen LogP contribution in [-0.2, 0) is 0 Å². The first-order valence-electron chi connectivity index (χ1n) is 7.50. The predicted octanol–water partition coefficient (Wildman–Crippen LogP) is 2.46. The van der Waals surface area contributed by atoms with Crippen molar-refractivity contribution in [3.05, 3.63) is 29.8 Å². The second-order valence-corrected chi connectivity index (χ2v) is 5.93. The lowest BCUT2D eigenvalue weighted by Gasteiger charge is -2.30. The van der Waals surface area contributed by atoms with Gasteiger partial charge in [-0.3, -0.25) is 4.79 Å². The van der Waals surface area contributed by atoms with E-state index in [9.17, 15) is 4.79 Å². The maximum atomic E-state index is 12.4. The number of ether oxygens (including phenoxy) is 1. The Balaban J connectivity index is 0.00000161. The summed E-state index contributed by atoms with van der Waals surface area (Å²) in [5.74, 6) is 1.67. The molecule has 1 saturated heterocycles. The van der Waals surface area contributed by atoms with E-state index in [4.69, 9.17) is 10.5 Å². The number of hydrogen-bond donors (Lipinski definition) is 1. The second kappa shape index (κ2) is 7.14. The van der Waals surface area contributed by atoms with Crippen molar-refractivity contribution in [1.29, 1.82) is 0 Å². The Labute approximate surface area is 132 Å². The molecule has 116 valence electrons. The minimum absolute atomic E-state index is 0. The smallest absolute Gasteiger partial charge is 0.253 e. The number of amides is 1. The molecule has 1 aromatic rings. The monoisotopic (exact) mass is 310 g/mol. The Hall–Kier alpha value is -1.26. The lowest BCUT2D eigenvalue weighted by molar-refractivity contribution is 0.0709. The Morgan fingerprint density at radius 1 is 1.24 bits per heavy atom. The molecule has 1 heterocycles. The SMILES string of the molecule is Cl.NC1CCCN(C(=O)c2ccc(OCC3CC3)cc2)C1. The summed E-state index contributed by atoms with van der Waals surface area (Å²) in [4.78, 5) is 14.2. The van der Waals surface area contributed by atoms with Crippen LogP contribution < -0.4 is 10.5 Å². The molecular weight excluding hydrogens is 288 g/mol. The maximum Gasteiger partial charge on any atom is 0.253 e. The highest BCUT2D eigenvalue weighted by Crippen LogP contribution is 2.29. The van der Waals surface area contributed by atoms with Crippen molar-refractivity contribution in [1.82, 2.24) is 4.90 Å². The summed E-state index contributed by atoms with van der Waals surface area (Å²) in [5.41, 5.74) is 6.65. The van der Waals surface area contributed by atoms with Crippen LogP contribution in [0, 0.1) is 5.92 Å². The number of carbonyl (C=O) groups excluding carboxylic acids is 1. The third-order valence-corrected chi connectivity index (χ3v) is 4.03. The number of benzene rings is 1. The van der Waals surface area contributed by atoms with Crippen LogP contribution in [-0.4, -0.2) is 36.5 Å². The highest BCUT2D eigenvalue weighted by Gasteiger charge is 2.23. The maximum absolute atomic E-state index is 12.4. The fraction of sp³-hybridized carbons (Fsp3) is 0.562. The molecule has 0 aromatic heterocycles. The van der Waals surface area contributed by atoms with E-state index >= 15 is 0 Å². The number of nitrogens with zero attached hydrogens (tertiary/aromatic N) is 1. The summed E-state index contributed by atoms with van der Waals surface area (Å²) in [6, 6.07) is 7.60. The van der Waals surface area contributed by atoms with Gasteiger partial charge in [-0.25, -0.2) is 0 Å². The molecule has 4 nitrogen and oxygen atoms in total. The minimum Gasteiger partial charge on any atom is -0.493 e. The fourth-order valence-corrected chi connectivity index (χ4v) is 2.57. The molecule has 1 atom stereocenters. The Morgan fingerprint density at radius 3 is 2.57 bits per heavy atom. The van der Waals surface area contributed by atoms with Crippen LogP contribution in [0.3, 0.4) is 0 Å². The van der Waals surface area contributed by atoms with E-state index in [1.807, 2.05) is 29.2 Å². The highest BCUT2D eigenvalue weighted by molar-refractivity contribution is 5.94. The summed E-state index contributed by atoms with van der Waals surface area (Å²) in [7, 11) is 0. The standard InChI is InChI=1S/C16H22N2O2.ClH/c17-14-2-1-9-18(10-14)16(19)13-5-7-15(8-6-13)20-11-12-3-4-12;/h5-8,12,14H,1-4,9-11,17H2;1H. The lowest BCUT2D eigenvalue weighted by Crippen LogP contribution is -2.45. The third-order valence-electron chi connectivity index (χ3n) is 4.03. The Bertz CT molecular complexity index is 474. The zero-order valence-corrected chi connectivity index (χ0v) is 13.0. The Morgan fingerprint density at radius 2 is 1.95 bits per heavy atom. The summed E-state index contributed by atoms with van der Waals surface area (Å²) < 4.78 is 5.68. The van der Waals surface area contributed by atoms with Gasteiger partial charge in [0.05, 0.1) is 6.61 Å². The van der Waals surface area contributed by atoms with Gasteiger partial charge in [-0.1, -0.05) is 0 Å². The van der Waals surface area contributed by atoms with Gasteiger partial charge in [-0.05, 0) is 55.9 Å². The van der Waals surface area contributed by atoms with Gasteiger partial charge in [0.25, 0.3) is 5.91 Å². The first kappa shape index (κ1) is 16.1. The molecule has 1 aromatic carbocycles. The van der Waals surface area contributed by atoms with Crippen molar-refractivity contribution in [3.63, 3.8) is 0 Å². The number of rotatable bonds is 4. The van der Waals surface area contributed by atoms with Gasteiger partial charge >= 0.3 is 0 Å². The van der Waals surface area contributed by atoms with Gasteiger partial charge in [0.2, 0.25) is 0 Å². The molecule has 1 aliphatic heterocycles. The second-order valence-electron chi connectivity index (χ2n) is 5.93. The van der Waals surface area contributed by atoms with Crippen molar-refractivity contribution < 1.29 is 9.53 Å². The molecular formula is C16H23ClN2O2. The zero-order chi connectivity index (χ0) is 13.9. The van der Waals surface area contributed by atoms with Gasteiger partial charge in [-0.15, -0.1) is 12.4 Å². The van der Waals surface area contributed by atoms with Gasteiger partial charge in [0.15, 0.2) is 0 Å². The van der Waals surface area contributed by atoms with Crippen molar-refractivity contribution in [3.8, 4) is 5.75 Å². The molecule has 2 aliphatic rings. The first-order valence-corrected chi connectivity index (χ1v) is 7.50. The number of piperidine rings is 1. The number of halogens is 1. The summed E-state index contributed by atoms with van der Waals surface area (Å²) in [6.45, 7) is 2.28. The van der Waals surface area contributed by atoms with Crippen molar-refractivity contribution in [2.45, 2.75) is 31.7 Å². The normalized spacial score (nSPS) is 21.6. The van der Waals surface area contributed by atoms with E-state index in [1.165, 1.54) is 12.8 Å².